The SMILES string of the molecule is CC1(Br)CC1c1nc(-c2ccc(C(F)F)nc2)no1. The molecule has 0 saturated heterocycles. The Kier molecular flexibility index (Phi) is 2.88. The fourth-order valence-corrected chi connectivity index (χ4v) is 2.37. The molecule has 7 heteroatoms. The van der Waals surface area contributed by atoms with Crippen molar-refractivity contribution in [3.63, 3.8) is 0 Å². The Balaban J connectivity index is 1.83. The molecule has 3 rings (SSSR count). The Morgan fingerprint density at radius 2 is 2.21 bits per heavy atom. The number of nitrogens with zero attached hydrogens (tertiary/aromatic N) is 3. The second-order valence-electron chi connectivity index (χ2n) is 4.76. The zero-order chi connectivity index (χ0) is 13.6. The number of halogens is 3. The molecule has 2 aromatic heterocycles. The molecule has 2 atom stereocenters. The molecule has 0 bridgehead atoms. The normalized spacial score (nSPS) is 25.8. The lowest BCUT2D eigenvalue weighted by Crippen LogP contribution is -1.93. The molecular formula is C12H10BrF2N3O. The minimum Gasteiger partial charge on any atom is -0.339 e. The highest BCUT2D eigenvalue weighted by Gasteiger charge is 2.52. The summed E-state index contributed by atoms with van der Waals surface area (Å²) in [5, 5.41) is 3.85. The summed E-state index contributed by atoms with van der Waals surface area (Å²) in [4.78, 5) is 7.95. The second-order valence-corrected chi connectivity index (χ2v) is 6.58. The topological polar surface area (TPSA) is 51.8 Å². The first-order valence-corrected chi connectivity index (χ1v) is 6.53. The van der Waals surface area contributed by atoms with Gasteiger partial charge in [0.1, 0.15) is 5.69 Å². The van der Waals surface area contributed by atoms with Gasteiger partial charge >= 0.3 is 0 Å². The smallest absolute Gasteiger partial charge is 0.280 e. The third kappa shape index (κ3) is 2.39. The Morgan fingerprint density at radius 3 is 2.74 bits per heavy atom. The second kappa shape index (κ2) is 4.33. The van der Waals surface area contributed by atoms with Crippen LogP contribution in [0.1, 0.15) is 37.3 Å². The first-order valence-electron chi connectivity index (χ1n) is 5.74. The fourth-order valence-electron chi connectivity index (χ4n) is 1.85. The molecule has 19 heavy (non-hydrogen) atoms. The van der Waals surface area contributed by atoms with E-state index in [9.17, 15) is 8.78 Å². The highest BCUT2D eigenvalue weighted by Crippen LogP contribution is 2.57. The lowest BCUT2D eigenvalue weighted by Gasteiger charge is -1.98. The highest BCUT2D eigenvalue weighted by molar-refractivity contribution is 9.10. The molecule has 2 aromatic rings. The monoisotopic (exact) mass is 329 g/mol. The van der Waals surface area contributed by atoms with Crippen molar-refractivity contribution in [3.8, 4) is 11.4 Å². The molecule has 2 unspecified atom stereocenters. The van der Waals surface area contributed by atoms with Crippen LogP contribution in [0.4, 0.5) is 8.78 Å². The zero-order valence-corrected chi connectivity index (χ0v) is 11.6. The minimum absolute atomic E-state index is 0.0224. The average molecular weight is 330 g/mol. The third-order valence-electron chi connectivity index (χ3n) is 3.18. The third-order valence-corrected chi connectivity index (χ3v) is 4.05. The number of alkyl halides is 3. The van der Waals surface area contributed by atoms with Gasteiger partial charge in [0.15, 0.2) is 0 Å². The molecule has 0 radical (unpaired) electrons. The summed E-state index contributed by atoms with van der Waals surface area (Å²) >= 11 is 3.56. The van der Waals surface area contributed by atoms with Gasteiger partial charge in [0.05, 0.1) is 5.92 Å². The molecule has 100 valence electrons. The lowest BCUT2D eigenvalue weighted by atomic mass is 10.2. The van der Waals surface area contributed by atoms with E-state index in [4.69, 9.17) is 4.52 Å². The van der Waals surface area contributed by atoms with E-state index < -0.39 is 6.43 Å². The maximum Gasteiger partial charge on any atom is 0.280 e. The summed E-state index contributed by atoms with van der Waals surface area (Å²) in [6, 6.07) is 2.78. The van der Waals surface area contributed by atoms with Gasteiger partial charge in [-0.05, 0) is 25.5 Å². The van der Waals surface area contributed by atoms with Crippen LogP contribution in [0.15, 0.2) is 22.9 Å². The van der Waals surface area contributed by atoms with Crippen LogP contribution in [-0.4, -0.2) is 19.4 Å². The zero-order valence-electron chi connectivity index (χ0n) is 9.98. The first kappa shape index (κ1) is 12.7. The van der Waals surface area contributed by atoms with Gasteiger partial charge in [0.25, 0.3) is 6.43 Å². The molecule has 1 aliphatic carbocycles. The van der Waals surface area contributed by atoms with Crippen LogP contribution in [0.2, 0.25) is 0 Å². The van der Waals surface area contributed by atoms with E-state index in [0.717, 1.165) is 6.42 Å². The van der Waals surface area contributed by atoms with Crippen molar-refractivity contribution in [1.29, 1.82) is 0 Å². The Labute approximate surface area is 116 Å². The number of rotatable bonds is 3. The van der Waals surface area contributed by atoms with Gasteiger partial charge < -0.3 is 4.52 Å². The predicted octanol–water partition coefficient (Wildman–Crippen LogP) is 3.71. The summed E-state index contributed by atoms with van der Waals surface area (Å²) in [7, 11) is 0. The Morgan fingerprint density at radius 1 is 1.47 bits per heavy atom. The minimum atomic E-state index is -2.57. The number of hydrogen-bond donors (Lipinski definition) is 0. The van der Waals surface area contributed by atoms with Gasteiger partial charge in [-0.15, -0.1) is 0 Å². The molecule has 0 aliphatic heterocycles. The molecule has 0 amide bonds. The lowest BCUT2D eigenvalue weighted by molar-refractivity contribution is 0.146. The van der Waals surface area contributed by atoms with Crippen LogP contribution in [0, 0.1) is 0 Å². The quantitative estimate of drug-likeness (QED) is 0.805. The molecular weight excluding hydrogens is 320 g/mol. The van der Waals surface area contributed by atoms with Crippen molar-refractivity contribution in [2.75, 3.05) is 0 Å². The van der Waals surface area contributed by atoms with Crippen LogP contribution in [-0.2, 0) is 0 Å². The number of pyridine rings is 1. The van der Waals surface area contributed by atoms with E-state index in [0.29, 0.717) is 17.3 Å². The van der Waals surface area contributed by atoms with Crippen molar-refractivity contribution < 1.29 is 13.3 Å². The van der Waals surface area contributed by atoms with Gasteiger partial charge in [-0.3, -0.25) is 4.98 Å². The van der Waals surface area contributed by atoms with Crippen LogP contribution < -0.4 is 0 Å². The highest BCUT2D eigenvalue weighted by atomic mass is 79.9. The fraction of sp³-hybridized carbons (Fsp3) is 0.417. The van der Waals surface area contributed by atoms with Crippen molar-refractivity contribution in [1.82, 2.24) is 15.1 Å². The summed E-state index contributed by atoms with van der Waals surface area (Å²) in [6.07, 6.45) is -0.302. The van der Waals surface area contributed by atoms with Crippen LogP contribution in [0.3, 0.4) is 0 Å². The summed E-state index contributed by atoms with van der Waals surface area (Å²) < 4.78 is 30.0. The standard InChI is InChI=1S/C12H10BrF2N3O/c1-12(13)4-7(12)11-17-10(18-19-11)6-2-3-8(9(14)15)16-5-6/h2-3,5,7,9H,4H2,1H3. The van der Waals surface area contributed by atoms with Crippen molar-refractivity contribution in [3.05, 3.63) is 29.9 Å². The molecule has 4 nitrogen and oxygen atoms in total. The van der Waals surface area contributed by atoms with Crippen molar-refractivity contribution in [2.24, 2.45) is 0 Å². The van der Waals surface area contributed by atoms with E-state index in [-0.39, 0.29) is 15.9 Å². The van der Waals surface area contributed by atoms with Crippen LogP contribution >= 0.6 is 15.9 Å². The maximum absolute atomic E-state index is 12.4. The summed E-state index contributed by atoms with van der Waals surface area (Å²) in [5.74, 6) is 1.15. The number of hydrogen-bond acceptors (Lipinski definition) is 4. The molecule has 0 N–H and O–H groups in total. The van der Waals surface area contributed by atoms with Crippen LogP contribution in [0.5, 0.6) is 0 Å². The van der Waals surface area contributed by atoms with E-state index in [2.05, 4.69) is 38.0 Å². The van der Waals surface area contributed by atoms with Gasteiger partial charge in [0.2, 0.25) is 11.7 Å². The Bertz CT molecular complexity index is 597. The van der Waals surface area contributed by atoms with Gasteiger partial charge in [-0.25, -0.2) is 8.78 Å². The average Bonchev–Trinajstić information content (AvgIpc) is 2.82. The molecule has 0 spiro atoms. The molecule has 0 aromatic carbocycles. The molecule has 2 heterocycles. The van der Waals surface area contributed by atoms with Crippen molar-refractivity contribution >= 4 is 15.9 Å². The number of aromatic nitrogens is 3. The summed E-state index contributed by atoms with van der Waals surface area (Å²) in [6.45, 7) is 2.06. The molecule has 1 aliphatic rings. The Hall–Kier alpha value is -1.37. The van der Waals surface area contributed by atoms with Crippen LogP contribution in [0.25, 0.3) is 11.4 Å². The first-order chi connectivity index (χ1) is 8.97. The maximum atomic E-state index is 12.4. The van der Waals surface area contributed by atoms with Crippen molar-refractivity contribution in [2.45, 2.75) is 30.0 Å². The predicted molar refractivity (Wildman–Crippen MR) is 67.2 cm³/mol. The van der Waals surface area contributed by atoms with Gasteiger partial charge in [0, 0.05) is 16.1 Å². The van der Waals surface area contributed by atoms with E-state index in [1.54, 1.807) is 0 Å². The van der Waals surface area contributed by atoms with E-state index in [1.165, 1.54) is 18.3 Å². The van der Waals surface area contributed by atoms with E-state index in [1.807, 2.05) is 0 Å². The van der Waals surface area contributed by atoms with Gasteiger partial charge in [-0.1, -0.05) is 21.1 Å². The molecule has 1 saturated carbocycles. The largest absolute Gasteiger partial charge is 0.339 e. The summed E-state index contributed by atoms with van der Waals surface area (Å²) in [5.41, 5.74) is 0.305. The van der Waals surface area contributed by atoms with E-state index >= 15 is 0 Å². The van der Waals surface area contributed by atoms with Gasteiger partial charge in [-0.2, -0.15) is 4.98 Å². The molecule has 1 fully saturated rings.